The van der Waals surface area contributed by atoms with E-state index < -0.39 is 0 Å². The van der Waals surface area contributed by atoms with Gasteiger partial charge in [-0.25, -0.2) is 4.98 Å². The van der Waals surface area contributed by atoms with E-state index in [0.29, 0.717) is 0 Å². The predicted molar refractivity (Wildman–Crippen MR) is 73.2 cm³/mol. The number of rotatable bonds is 1. The Morgan fingerprint density at radius 1 is 1.24 bits per heavy atom. The molecule has 0 saturated heterocycles. The van der Waals surface area contributed by atoms with Crippen LogP contribution in [-0.4, -0.2) is 9.55 Å². The van der Waals surface area contributed by atoms with Crippen LogP contribution in [0.5, 0.6) is 0 Å². The van der Waals surface area contributed by atoms with Crippen LogP contribution in [0.2, 0.25) is 0 Å². The number of nitrogens with zero attached hydrogens (tertiary/aromatic N) is 2. The van der Waals surface area contributed by atoms with Gasteiger partial charge in [-0.15, -0.1) is 11.3 Å². The van der Waals surface area contributed by atoms with Gasteiger partial charge in [-0.1, -0.05) is 6.07 Å². The number of fused-ring (bicyclic) bond motifs is 1. The van der Waals surface area contributed by atoms with Crippen LogP contribution in [0, 0.1) is 6.92 Å². The molecule has 86 valence electrons. The lowest BCUT2D eigenvalue weighted by Gasteiger charge is -1.98. The molecular formula is C13H13N3S. The fourth-order valence-corrected chi connectivity index (χ4v) is 2.80. The first-order valence-corrected chi connectivity index (χ1v) is 6.25. The van der Waals surface area contributed by atoms with E-state index in [1.165, 1.54) is 5.56 Å². The van der Waals surface area contributed by atoms with Crippen LogP contribution in [0.1, 0.15) is 5.56 Å². The second-order valence-corrected chi connectivity index (χ2v) is 5.30. The summed E-state index contributed by atoms with van der Waals surface area (Å²) in [7, 11) is 2.04. The summed E-state index contributed by atoms with van der Waals surface area (Å²) in [5.41, 5.74) is 9.18. The Labute approximate surface area is 104 Å². The first kappa shape index (κ1) is 10.4. The summed E-state index contributed by atoms with van der Waals surface area (Å²) in [6.45, 7) is 2.08. The highest BCUT2D eigenvalue weighted by Crippen LogP contribution is 2.30. The monoisotopic (exact) mass is 243 g/mol. The minimum atomic E-state index is 0.822. The van der Waals surface area contributed by atoms with Crippen molar-refractivity contribution in [1.29, 1.82) is 0 Å². The van der Waals surface area contributed by atoms with E-state index in [-0.39, 0.29) is 0 Å². The normalized spacial score (nSPS) is 11.2. The van der Waals surface area contributed by atoms with Gasteiger partial charge in [0, 0.05) is 7.05 Å². The number of anilines is 1. The van der Waals surface area contributed by atoms with Crippen molar-refractivity contribution >= 4 is 27.4 Å². The Morgan fingerprint density at radius 3 is 2.76 bits per heavy atom. The topological polar surface area (TPSA) is 43.8 Å². The number of nitrogens with two attached hydrogens (primary N) is 1. The van der Waals surface area contributed by atoms with E-state index >= 15 is 0 Å². The Morgan fingerprint density at radius 2 is 2.06 bits per heavy atom. The molecule has 0 aliphatic heterocycles. The molecule has 2 N–H and O–H groups in total. The molecule has 2 heterocycles. The number of aromatic nitrogens is 2. The van der Waals surface area contributed by atoms with Gasteiger partial charge in [0.1, 0.15) is 0 Å². The largest absolute Gasteiger partial charge is 0.391 e. The Kier molecular flexibility index (Phi) is 2.19. The Balaban J connectivity index is 2.27. The molecule has 0 bridgehead atoms. The van der Waals surface area contributed by atoms with Crippen LogP contribution in [0.25, 0.3) is 21.7 Å². The average Bonchev–Trinajstić information content (AvgIpc) is 2.83. The van der Waals surface area contributed by atoms with E-state index in [2.05, 4.69) is 34.7 Å². The third-order valence-electron chi connectivity index (χ3n) is 2.88. The third kappa shape index (κ3) is 1.61. The number of thiophene rings is 1. The van der Waals surface area contributed by atoms with E-state index in [4.69, 9.17) is 5.73 Å². The van der Waals surface area contributed by atoms with Gasteiger partial charge >= 0.3 is 0 Å². The second kappa shape index (κ2) is 3.60. The molecule has 17 heavy (non-hydrogen) atoms. The molecule has 0 unspecified atom stereocenters. The van der Waals surface area contributed by atoms with E-state index in [0.717, 1.165) is 26.7 Å². The fraction of sp³-hybridized carbons (Fsp3) is 0.154. The highest BCUT2D eigenvalue weighted by atomic mass is 32.1. The first-order chi connectivity index (χ1) is 8.15. The van der Waals surface area contributed by atoms with E-state index in [9.17, 15) is 0 Å². The number of hydrogen-bond donors (Lipinski definition) is 1. The number of nitrogen functional groups attached to an aromatic ring is 1. The van der Waals surface area contributed by atoms with Crippen molar-refractivity contribution in [2.75, 3.05) is 5.73 Å². The van der Waals surface area contributed by atoms with Crippen molar-refractivity contribution < 1.29 is 0 Å². The molecule has 0 aliphatic rings. The molecule has 0 amide bonds. The van der Waals surface area contributed by atoms with Crippen molar-refractivity contribution in [2.45, 2.75) is 6.92 Å². The molecular weight excluding hydrogens is 230 g/mol. The van der Waals surface area contributed by atoms with Gasteiger partial charge in [-0.05, 0) is 36.8 Å². The smallest absolute Gasteiger partial charge is 0.151 e. The van der Waals surface area contributed by atoms with Crippen molar-refractivity contribution in [3.63, 3.8) is 0 Å². The predicted octanol–water partition coefficient (Wildman–Crippen LogP) is 3.19. The zero-order valence-corrected chi connectivity index (χ0v) is 10.6. The molecule has 0 fully saturated rings. The molecule has 3 rings (SSSR count). The molecule has 0 radical (unpaired) electrons. The van der Waals surface area contributed by atoms with Gasteiger partial charge in [0.15, 0.2) is 5.82 Å². The summed E-state index contributed by atoms with van der Waals surface area (Å²) in [6.07, 6.45) is 0. The van der Waals surface area contributed by atoms with Crippen molar-refractivity contribution in [3.8, 4) is 10.7 Å². The third-order valence-corrected chi connectivity index (χ3v) is 3.79. The lowest BCUT2D eigenvalue weighted by Crippen LogP contribution is -1.90. The molecule has 4 heteroatoms. The fourth-order valence-electron chi connectivity index (χ4n) is 2.00. The summed E-state index contributed by atoms with van der Waals surface area (Å²) >= 11 is 1.57. The maximum absolute atomic E-state index is 5.77. The average molecular weight is 243 g/mol. The number of imidazole rings is 1. The van der Waals surface area contributed by atoms with Gasteiger partial charge < -0.3 is 10.3 Å². The van der Waals surface area contributed by atoms with Gasteiger partial charge in [0.05, 0.1) is 20.9 Å². The summed E-state index contributed by atoms with van der Waals surface area (Å²) in [5, 5.41) is 0.822. The summed E-state index contributed by atoms with van der Waals surface area (Å²) in [4.78, 5) is 5.78. The maximum Gasteiger partial charge on any atom is 0.151 e. The quantitative estimate of drug-likeness (QED) is 0.713. The van der Waals surface area contributed by atoms with Crippen molar-refractivity contribution in [2.24, 2.45) is 7.05 Å². The van der Waals surface area contributed by atoms with Gasteiger partial charge in [0.2, 0.25) is 0 Å². The first-order valence-electron chi connectivity index (χ1n) is 5.44. The summed E-state index contributed by atoms with van der Waals surface area (Å²) < 4.78 is 2.11. The summed E-state index contributed by atoms with van der Waals surface area (Å²) in [6, 6.07) is 10.3. The standard InChI is InChI=1S/C13H13N3S/c1-8-3-4-10-9(7-8)15-13(16(10)2)11-5-6-12(14)17-11/h3-7H,14H2,1-2H3. The molecule has 0 aliphatic carbocycles. The molecule has 1 aromatic carbocycles. The minimum Gasteiger partial charge on any atom is -0.391 e. The molecule has 0 spiro atoms. The number of benzene rings is 1. The Bertz CT molecular complexity index is 694. The lowest BCUT2D eigenvalue weighted by atomic mass is 10.2. The highest BCUT2D eigenvalue weighted by Gasteiger charge is 2.11. The second-order valence-electron chi connectivity index (χ2n) is 4.19. The van der Waals surface area contributed by atoms with Crippen LogP contribution in [0.15, 0.2) is 30.3 Å². The molecule has 3 nitrogen and oxygen atoms in total. The molecule has 3 aromatic rings. The lowest BCUT2D eigenvalue weighted by molar-refractivity contribution is 0.963. The van der Waals surface area contributed by atoms with Crippen LogP contribution in [0.4, 0.5) is 5.00 Å². The molecule has 0 saturated carbocycles. The zero-order valence-electron chi connectivity index (χ0n) is 9.77. The van der Waals surface area contributed by atoms with Crippen molar-refractivity contribution in [3.05, 3.63) is 35.9 Å². The molecule has 2 aromatic heterocycles. The number of aryl methyl sites for hydroxylation is 2. The number of hydrogen-bond acceptors (Lipinski definition) is 3. The SMILES string of the molecule is Cc1ccc2c(c1)nc(-c1ccc(N)s1)n2C. The summed E-state index contributed by atoms with van der Waals surface area (Å²) in [5.74, 6) is 0.979. The van der Waals surface area contributed by atoms with E-state index in [1.54, 1.807) is 11.3 Å². The van der Waals surface area contributed by atoms with Gasteiger partial charge in [-0.2, -0.15) is 0 Å². The zero-order chi connectivity index (χ0) is 12.0. The van der Waals surface area contributed by atoms with E-state index in [1.807, 2.05) is 19.2 Å². The van der Waals surface area contributed by atoms with Gasteiger partial charge in [0.25, 0.3) is 0 Å². The van der Waals surface area contributed by atoms with Crippen LogP contribution in [-0.2, 0) is 7.05 Å². The highest BCUT2D eigenvalue weighted by molar-refractivity contribution is 7.19. The van der Waals surface area contributed by atoms with Gasteiger partial charge in [-0.3, -0.25) is 0 Å². The minimum absolute atomic E-state index is 0.822. The maximum atomic E-state index is 5.77. The van der Waals surface area contributed by atoms with Crippen molar-refractivity contribution in [1.82, 2.24) is 9.55 Å². The van der Waals surface area contributed by atoms with Crippen LogP contribution >= 0.6 is 11.3 Å². The Hall–Kier alpha value is -1.81. The van der Waals surface area contributed by atoms with Crippen LogP contribution in [0.3, 0.4) is 0 Å². The van der Waals surface area contributed by atoms with Crippen LogP contribution < -0.4 is 5.73 Å². The molecule has 0 atom stereocenters.